The predicted octanol–water partition coefficient (Wildman–Crippen LogP) is 2.10. The SMILES string of the molecule is CCc1ccc(-n2nc(C(=O)N3CCC(N)C3)c3c2CCC3)cc1. The van der Waals surface area contributed by atoms with Crippen molar-refractivity contribution in [1.82, 2.24) is 14.7 Å². The first-order chi connectivity index (χ1) is 11.7. The maximum Gasteiger partial charge on any atom is 0.274 e. The Kier molecular flexibility index (Phi) is 3.88. The van der Waals surface area contributed by atoms with Crippen LogP contribution in [-0.4, -0.2) is 39.7 Å². The van der Waals surface area contributed by atoms with Gasteiger partial charge in [0.15, 0.2) is 5.69 Å². The Morgan fingerprint density at radius 3 is 2.75 bits per heavy atom. The molecule has 1 atom stereocenters. The van der Waals surface area contributed by atoms with Crippen molar-refractivity contribution in [2.45, 2.75) is 45.1 Å². The van der Waals surface area contributed by atoms with Crippen molar-refractivity contribution in [2.75, 3.05) is 13.1 Å². The maximum atomic E-state index is 12.9. The number of hydrogen-bond donors (Lipinski definition) is 1. The van der Waals surface area contributed by atoms with Crippen LogP contribution in [0.5, 0.6) is 0 Å². The van der Waals surface area contributed by atoms with Gasteiger partial charge in [-0.3, -0.25) is 4.79 Å². The van der Waals surface area contributed by atoms with Crippen LogP contribution in [0.1, 0.15) is 47.1 Å². The fraction of sp³-hybridized carbons (Fsp3) is 0.474. The van der Waals surface area contributed by atoms with Gasteiger partial charge in [0.1, 0.15) is 0 Å². The minimum absolute atomic E-state index is 0.0463. The van der Waals surface area contributed by atoms with E-state index in [-0.39, 0.29) is 11.9 Å². The van der Waals surface area contributed by atoms with E-state index in [1.807, 2.05) is 9.58 Å². The summed E-state index contributed by atoms with van der Waals surface area (Å²) >= 11 is 0. The van der Waals surface area contributed by atoms with Gasteiger partial charge in [-0.25, -0.2) is 4.68 Å². The third kappa shape index (κ3) is 2.53. The molecule has 2 aliphatic rings. The van der Waals surface area contributed by atoms with E-state index < -0.39 is 0 Å². The van der Waals surface area contributed by atoms with Crippen molar-refractivity contribution in [3.05, 3.63) is 46.8 Å². The molecule has 2 N–H and O–H groups in total. The zero-order chi connectivity index (χ0) is 16.7. The van der Waals surface area contributed by atoms with Gasteiger partial charge in [0.2, 0.25) is 0 Å². The Morgan fingerprint density at radius 2 is 2.08 bits per heavy atom. The van der Waals surface area contributed by atoms with Crippen LogP contribution in [0.3, 0.4) is 0 Å². The molecule has 1 aromatic carbocycles. The number of aryl methyl sites for hydroxylation is 1. The Morgan fingerprint density at radius 1 is 1.29 bits per heavy atom. The lowest BCUT2D eigenvalue weighted by molar-refractivity contribution is 0.0783. The molecule has 5 nitrogen and oxygen atoms in total. The van der Waals surface area contributed by atoms with Crippen LogP contribution >= 0.6 is 0 Å². The van der Waals surface area contributed by atoms with Gasteiger partial charge in [0, 0.05) is 30.4 Å². The average Bonchev–Trinajstić information content (AvgIpc) is 3.30. The zero-order valence-corrected chi connectivity index (χ0v) is 14.2. The summed E-state index contributed by atoms with van der Waals surface area (Å²) in [7, 11) is 0. The Hall–Kier alpha value is -2.14. The molecule has 0 bridgehead atoms. The fourth-order valence-electron chi connectivity index (χ4n) is 3.82. The summed E-state index contributed by atoms with van der Waals surface area (Å²) < 4.78 is 1.98. The number of carbonyl (C=O) groups is 1. The molecule has 1 aliphatic heterocycles. The van der Waals surface area contributed by atoms with E-state index in [2.05, 4.69) is 31.2 Å². The van der Waals surface area contributed by atoms with Crippen molar-refractivity contribution in [2.24, 2.45) is 5.73 Å². The lowest BCUT2D eigenvalue weighted by atomic mass is 10.1. The molecule has 2 heterocycles. The molecule has 4 rings (SSSR count). The number of nitrogens with two attached hydrogens (primary N) is 1. The Bertz CT molecular complexity index is 762. The first kappa shape index (κ1) is 15.4. The smallest absolute Gasteiger partial charge is 0.274 e. The molecule has 1 saturated heterocycles. The minimum atomic E-state index is 0.0463. The highest BCUT2D eigenvalue weighted by Crippen LogP contribution is 2.29. The summed E-state index contributed by atoms with van der Waals surface area (Å²) in [5.74, 6) is 0.0463. The summed E-state index contributed by atoms with van der Waals surface area (Å²) in [5, 5.41) is 4.71. The molecular formula is C19H24N4O. The second kappa shape index (κ2) is 6.06. The highest BCUT2D eigenvalue weighted by molar-refractivity contribution is 5.94. The lowest BCUT2D eigenvalue weighted by Gasteiger charge is -2.14. The van der Waals surface area contributed by atoms with Crippen LogP contribution in [0, 0.1) is 0 Å². The number of hydrogen-bond acceptors (Lipinski definition) is 3. The number of likely N-dealkylation sites (tertiary alicyclic amines) is 1. The molecule has 1 amide bonds. The number of rotatable bonds is 3. The van der Waals surface area contributed by atoms with Crippen molar-refractivity contribution < 1.29 is 4.79 Å². The van der Waals surface area contributed by atoms with E-state index in [0.29, 0.717) is 12.2 Å². The van der Waals surface area contributed by atoms with E-state index in [4.69, 9.17) is 10.8 Å². The molecule has 1 fully saturated rings. The first-order valence-corrected chi connectivity index (χ1v) is 8.92. The van der Waals surface area contributed by atoms with E-state index in [0.717, 1.165) is 49.9 Å². The summed E-state index contributed by atoms with van der Waals surface area (Å²) in [5.41, 5.74) is 11.3. The Balaban J connectivity index is 1.70. The van der Waals surface area contributed by atoms with Crippen LogP contribution < -0.4 is 5.73 Å². The largest absolute Gasteiger partial charge is 0.336 e. The lowest BCUT2D eigenvalue weighted by Crippen LogP contribution is -2.32. The van der Waals surface area contributed by atoms with E-state index in [1.54, 1.807) is 0 Å². The molecule has 0 saturated carbocycles. The van der Waals surface area contributed by atoms with Crippen LogP contribution in [0.2, 0.25) is 0 Å². The van der Waals surface area contributed by atoms with Crippen molar-refractivity contribution in [3.63, 3.8) is 0 Å². The van der Waals surface area contributed by atoms with Gasteiger partial charge in [0.05, 0.1) is 5.69 Å². The van der Waals surface area contributed by atoms with Gasteiger partial charge >= 0.3 is 0 Å². The number of amides is 1. The summed E-state index contributed by atoms with van der Waals surface area (Å²) in [6.07, 6.45) is 4.94. The molecule has 1 aromatic heterocycles. The second-order valence-electron chi connectivity index (χ2n) is 6.86. The zero-order valence-electron chi connectivity index (χ0n) is 14.2. The minimum Gasteiger partial charge on any atom is -0.336 e. The van der Waals surface area contributed by atoms with E-state index >= 15 is 0 Å². The van der Waals surface area contributed by atoms with E-state index in [1.165, 1.54) is 11.3 Å². The normalized spacial score (nSPS) is 19.8. The monoisotopic (exact) mass is 324 g/mol. The molecule has 1 aliphatic carbocycles. The van der Waals surface area contributed by atoms with Crippen molar-refractivity contribution >= 4 is 5.91 Å². The molecule has 24 heavy (non-hydrogen) atoms. The number of carbonyl (C=O) groups excluding carboxylic acids is 1. The summed E-state index contributed by atoms with van der Waals surface area (Å²) in [6.45, 7) is 3.54. The van der Waals surface area contributed by atoms with Gasteiger partial charge in [-0.2, -0.15) is 5.10 Å². The molecule has 0 radical (unpaired) electrons. The molecule has 0 spiro atoms. The van der Waals surface area contributed by atoms with Gasteiger partial charge in [0.25, 0.3) is 5.91 Å². The molecule has 5 heteroatoms. The predicted molar refractivity (Wildman–Crippen MR) is 93.5 cm³/mol. The molecule has 2 aromatic rings. The summed E-state index contributed by atoms with van der Waals surface area (Å²) in [6, 6.07) is 8.58. The Labute approximate surface area is 142 Å². The highest BCUT2D eigenvalue weighted by Gasteiger charge is 2.32. The third-order valence-electron chi connectivity index (χ3n) is 5.23. The average molecular weight is 324 g/mol. The standard InChI is InChI=1S/C19H24N4O/c1-2-13-6-8-15(9-7-13)23-17-5-3-4-16(17)18(21-23)19(24)22-11-10-14(20)12-22/h6-9,14H,2-5,10-12,20H2,1H3. The van der Waals surface area contributed by atoms with Crippen LogP contribution in [-0.2, 0) is 19.3 Å². The van der Waals surface area contributed by atoms with Gasteiger partial charge < -0.3 is 10.6 Å². The van der Waals surface area contributed by atoms with Crippen LogP contribution in [0.4, 0.5) is 0 Å². The molecule has 126 valence electrons. The van der Waals surface area contributed by atoms with Gasteiger partial charge in [-0.05, 0) is 49.8 Å². The van der Waals surface area contributed by atoms with Gasteiger partial charge in [-0.1, -0.05) is 19.1 Å². The molecular weight excluding hydrogens is 300 g/mol. The second-order valence-corrected chi connectivity index (χ2v) is 6.86. The van der Waals surface area contributed by atoms with Crippen LogP contribution in [0.15, 0.2) is 24.3 Å². The number of benzene rings is 1. The first-order valence-electron chi connectivity index (χ1n) is 8.92. The highest BCUT2D eigenvalue weighted by atomic mass is 16.2. The third-order valence-corrected chi connectivity index (χ3v) is 5.23. The maximum absolute atomic E-state index is 12.9. The number of aromatic nitrogens is 2. The quantitative estimate of drug-likeness (QED) is 0.940. The van der Waals surface area contributed by atoms with Crippen LogP contribution in [0.25, 0.3) is 5.69 Å². The summed E-state index contributed by atoms with van der Waals surface area (Å²) in [4.78, 5) is 14.7. The van der Waals surface area contributed by atoms with Crippen molar-refractivity contribution in [3.8, 4) is 5.69 Å². The number of nitrogens with zero attached hydrogens (tertiary/aromatic N) is 3. The number of fused-ring (bicyclic) bond motifs is 1. The van der Waals surface area contributed by atoms with Gasteiger partial charge in [-0.15, -0.1) is 0 Å². The fourth-order valence-corrected chi connectivity index (χ4v) is 3.82. The molecule has 1 unspecified atom stereocenters. The topological polar surface area (TPSA) is 64.2 Å². The van der Waals surface area contributed by atoms with E-state index in [9.17, 15) is 4.79 Å². The van der Waals surface area contributed by atoms with Crippen molar-refractivity contribution in [1.29, 1.82) is 0 Å².